The first-order valence-electron chi connectivity index (χ1n) is 7.27. The molecule has 0 aliphatic carbocycles. The van der Waals surface area contributed by atoms with Crippen molar-refractivity contribution in [1.29, 1.82) is 0 Å². The van der Waals surface area contributed by atoms with Crippen molar-refractivity contribution in [1.82, 2.24) is 9.55 Å². The Morgan fingerprint density at radius 2 is 1.95 bits per heavy atom. The van der Waals surface area contributed by atoms with Crippen LogP contribution >= 0.6 is 0 Å². The number of nitro groups is 1. The van der Waals surface area contributed by atoms with Crippen molar-refractivity contribution in [3.63, 3.8) is 0 Å². The minimum absolute atomic E-state index is 0.0578. The smallest absolute Gasteiger partial charge is 0.373 e. The maximum atomic E-state index is 11.1. The number of nitrogens with zero attached hydrogens (tertiary/aromatic N) is 5. The monoisotopic (exact) mass is 301 g/mol. The van der Waals surface area contributed by atoms with Crippen LogP contribution in [0.2, 0.25) is 0 Å². The van der Waals surface area contributed by atoms with Crippen LogP contribution in [0.5, 0.6) is 0 Å². The fraction of sp³-hybridized carbons (Fsp3) is 0.400. The molecule has 0 bridgehead atoms. The largest absolute Gasteiger partial charge is 0.386 e. The van der Waals surface area contributed by atoms with Crippen LogP contribution in [-0.4, -0.2) is 34.6 Å². The third-order valence-electron chi connectivity index (χ3n) is 4.11. The Morgan fingerprint density at radius 3 is 2.68 bits per heavy atom. The highest BCUT2D eigenvalue weighted by molar-refractivity contribution is 5.71. The van der Waals surface area contributed by atoms with Crippen LogP contribution in [-0.2, 0) is 13.6 Å². The number of aryl methyl sites for hydroxylation is 1. The molecule has 0 N–H and O–H groups in total. The molecule has 0 saturated carbocycles. The van der Waals surface area contributed by atoms with E-state index >= 15 is 0 Å². The second kappa shape index (κ2) is 5.67. The van der Waals surface area contributed by atoms with Crippen molar-refractivity contribution in [2.24, 2.45) is 7.05 Å². The van der Waals surface area contributed by atoms with Crippen LogP contribution in [0.4, 0.5) is 17.2 Å². The maximum Gasteiger partial charge on any atom is 0.386 e. The summed E-state index contributed by atoms with van der Waals surface area (Å²) in [7, 11) is 3.88. The van der Waals surface area contributed by atoms with Crippen molar-refractivity contribution in [2.75, 3.05) is 29.9 Å². The molecule has 7 nitrogen and oxygen atoms in total. The van der Waals surface area contributed by atoms with E-state index in [2.05, 4.69) is 34.0 Å². The Morgan fingerprint density at radius 1 is 1.23 bits per heavy atom. The molecule has 0 spiro atoms. The van der Waals surface area contributed by atoms with Gasteiger partial charge >= 0.3 is 5.82 Å². The molecule has 1 aromatic carbocycles. The van der Waals surface area contributed by atoms with Gasteiger partial charge in [-0.3, -0.25) is 0 Å². The minimum atomic E-state index is -0.412. The van der Waals surface area contributed by atoms with Gasteiger partial charge in [-0.15, -0.1) is 0 Å². The molecular weight excluding hydrogens is 282 g/mol. The second-order valence-corrected chi connectivity index (χ2v) is 5.57. The highest BCUT2D eigenvalue weighted by Crippen LogP contribution is 2.33. The number of rotatable bonds is 3. The van der Waals surface area contributed by atoms with Gasteiger partial charge < -0.3 is 24.5 Å². The molecule has 0 unspecified atom stereocenters. The molecule has 2 aromatic rings. The molecule has 0 fully saturated rings. The summed E-state index contributed by atoms with van der Waals surface area (Å²) in [6.07, 6.45) is 2.51. The molecule has 0 saturated heterocycles. The summed E-state index contributed by atoms with van der Waals surface area (Å²) in [5.74, 6) is -0.0578. The summed E-state index contributed by atoms with van der Waals surface area (Å²) in [4.78, 5) is 19.1. The van der Waals surface area contributed by atoms with E-state index in [9.17, 15) is 10.1 Å². The van der Waals surface area contributed by atoms with E-state index < -0.39 is 4.92 Å². The van der Waals surface area contributed by atoms with Crippen LogP contribution in [0.3, 0.4) is 0 Å². The third kappa shape index (κ3) is 2.49. The van der Waals surface area contributed by atoms with Gasteiger partial charge in [-0.2, -0.15) is 0 Å². The quantitative estimate of drug-likeness (QED) is 0.642. The van der Waals surface area contributed by atoms with Gasteiger partial charge in [0.25, 0.3) is 0 Å². The van der Waals surface area contributed by atoms with E-state index in [0.29, 0.717) is 12.2 Å². The van der Waals surface area contributed by atoms with E-state index in [0.717, 1.165) is 30.9 Å². The predicted molar refractivity (Wildman–Crippen MR) is 85.2 cm³/mol. The predicted octanol–water partition coefficient (Wildman–Crippen LogP) is 2.17. The SMILES string of the molecule is CN1CCCN(Cc2c([N+](=O)[O-])ncn2C)c2ccccc21. The van der Waals surface area contributed by atoms with Gasteiger partial charge in [-0.1, -0.05) is 12.1 Å². The Bertz CT molecular complexity index is 697. The number of imidazole rings is 1. The average molecular weight is 301 g/mol. The maximum absolute atomic E-state index is 11.1. The first-order valence-corrected chi connectivity index (χ1v) is 7.27. The number of anilines is 2. The summed E-state index contributed by atoms with van der Waals surface area (Å²) in [6, 6.07) is 8.18. The summed E-state index contributed by atoms with van der Waals surface area (Å²) in [5, 5.41) is 11.1. The highest BCUT2D eigenvalue weighted by atomic mass is 16.6. The number of hydrogen-bond donors (Lipinski definition) is 0. The van der Waals surface area contributed by atoms with Crippen LogP contribution in [0.25, 0.3) is 0 Å². The van der Waals surface area contributed by atoms with Crippen LogP contribution < -0.4 is 9.80 Å². The molecular formula is C15H19N5O2. The van der Waals surface area contributed by atoms with Crippen molar-refractivity contribution < 1.29 is 4.92 Å². The Hall–Kier alpha value is -2.57. The first kappa shape index (κ1) is 14.4. The summed E-state index contributed by atoms with van der Waals surface area (Å²) < 4.78 is 1.73. The molecule has 1 aliphatic rings. The first-order chi connectivity index (χ1) is 10.6. The third-order valence-corrected chi connectivity index (χ3v) is 4.11. The zero-order chi connectivity index (χ0) is 15.7. The van der Waals surface area contributed by atoms with Crippen LogP contribution in [0.15, 0.2) is 30.6 Å². The van der Waals surface area contributed by atoms with Gasteiger partial charge in [0.2, 0.25) is 6.33 Å². The van der Waals surface area contributed by atoms with Gasteiger partial charge in [0.1, 0.15) is 5.69 Å². The molecule has 0 radical (unpaired) electrons. The lowest BCUT2D eigenvalue weighted by atomic mass is 10.2. The molecule has 1 aromatic heterocycles. The van der Waals surface area contributed by atoms with Gasteiger partial charge in [0.15, 0.2) is 0 Å². The summed E-state index contributed by atoms with van der Waals surface area (Å²) in [6.45, 7) is 2.32. The standard InChI is InChI=1S/C15H19N5O2/c1-17-8-5-9-19(13-7-4-3-6-12(13)17)10-14-15(20(21)22)16-11-18(14)2/h3-4,6-7,11H,5,8-10H2,1-2H3. The lowest BCUT2D eigenvalue weighted by Gasteiger charge is -2.25. The number of fused-ring (bicyclic) bond motifs is 1. The highest BCUT2D eigenvalue weighted by Gasteiger charge is 2.25. The minimum Gasteiger partial charge on any atom is -0.373 e. The van der Waals surface area contributed by atoms with E-state index in [1.807, 2.05) is 12.1 Å². The van der Waals surface area contributed by atoms with Crippen molar-refractivity contribution in [2.45, 2.75) is 13.0 Å². The number of para-hydroxylation sites is 2. The van der Waals surface area contributed by atoms with Gasteiger partial charge in [-0.05, 0) is 28.5 Å². The molecule has 7 heteroatoms. The van der Waals surface area contributed by atoms with Gasteiger partial charge in [0, 0.05) is 27.2 Å². The Kier molecular flexibility index (Phi) is 3.70. The van der Waals surface area contributed by atoms with Gasteiger partial charge in [-0.25, -0.2) is 0 Å². The van der Waals surface area contributed by atoms with Crippen molar-refractivity contribution in [3.8, 4) is 0 Å². The lowest BCUT2D eigenvalue weighted by molar-refractivity contribution is -0.390. The Labute approximate surface area is 128 Å². The second-order valence-electron chi connectivity index (χ2n) is 5.57. The zero-order valence-corrected chi connectivity index (χ0v) is 12.8. The Balaban J connectivity index is 1.97. The molecule has 22 heavy (non-hydrogen) atoms. The fourth-order valence-electron chi connectivity index (χ4n) is 2.92. The van der Waals surface area contributed by atoms with Crippen molar-refractivity contribution in [3.05, 3.63) is 46.4 Å². The van der Waals surface area contributed by atoms with E-state index in [4.69, 9.17) is 0 Å². The topological polar surface area (TPSA) is 67.4 Å². The normalized spacial score (nSPS) is 14.6. The molecule has 3 rings (SSSR count). The lowest BCUT2D eigenvalue weighted by Crippen LogP contribution is -2.25. The zero-order valence-electron chi connectivity index (χ0n) is 12.8. The van der Waals surface area contributed by atoms with Crippen molar-refractivity contribution >= 4 is 17.2 Å². The average Bonchev–Trinajstić information content (AvgIpc) is 2.79. The molecule has 0 atom stereocenters. The molecule has 116 valence electrons. The van der Waals surface area contributed by atoms with Crippen LogP contribution in [0.1, 0.15) is 12.1 Å². The summed E-state index contributed by atoms with van der Waals surface area (Å²) >= 11 is 0. The number of benzene rings is 1. The van der Waals surface area contributed by atoms with Crippen LogP contribution in [0, 0.1) is 10.1 Å². The van der Waals surface area contributed by atoms with Gasteiger partial charge in [0.05, 0.1) is 17.9 Å². The number of hydrogen-bond acceptors (Lipinski definition) is 5. The van der Waals surface area contributed by atoms with E-state index in [-0.39, 0.29) is 5.82 Å². The van der Waals surface area contributed by atoms with E-state index in [1.165, 1.54) is 6.33 Å². The number of aromatic nitrogens is 2. The molecule has 0 amide bonds. The molecule has 1 aliphatic heterocycles. The van der Waals surface area contributed by atoms with E-state index in [1.54, 1.807) is 11.6 Å². The fourth-order valence-corrected chi connectivity index (χ4v) is 2.92. The molecule has 2 heterocycles. The summed E-state index contributed by atoms with van der Waals surface area (Å²) in [5.41, 5.74) is 2.90.